The van der Waals surface area contributed by atoms with Crippen LogP contribution < -0.4 is 4.74 Å². The molecule has 0 aliphatic carbocycles. The zero-order valence-corrected chi connectivity index (χ0v) is 8.10. The second-order valence-corrected chi connectivity index (χ2v) is 2.78. The van der Waals surface area contributed by atoms with Crippen molar-refractivity contribution in [3.63, 3.8) is 0 Å². The Morgan fingerprint density at radius 2 is 2.27 bits per heavy atom. The fourth-order valence-electron chi connectivity index (χ4n) is 1.07. The van der Waals surface area contributed by atoms with E-state index in [0.717, 1.165) is 6.08 Å². The quantitative estimate of drug-likeness (QED) is 0.758. The molecule has 1 aromatic carbocycles. The van der Waals surface area contributed by atoms with Crippen molar-refractivity contribution in [1.29, 1.82) is 5.26 Å². The molecule has 0 heterocycles. The summed E-state index contributed by atoms with van der Waals surface area (Å²) in [7, 11) is 1.49. The van der Waals surface area contributed by atoms with Crippen LogP contribution >= 0.6 is 0 Å². The largest absolute Gasteiger partial charge is 0.497 e. The van der Waals surface area contributed by atoms with Gasteiger partial charge in [0, 0.05) is 6.08 Å². The van der Waals surface area contributed by atoms with E-state index in [2.05, 4.69) is 0 Å². The van der Waals surface area contributed by atoms with Crippen molar-refractivity contribution in [3.05, 3.63) is 35.4 Å². The van der Waals surface area contributed by atoms with Gasteiger partial charge in [0.25, 0.3) is 0 Å². The zero-order valence-electron chi connectivity index (χ0n) is 8.10. The maximum atomic E-state index is 10.3. The topological polar surface area (TPSA) is 70.3 Å². The van der Waals surface area contributed by atoms with Crippen LogP contribution in [0, 0.1) is 11.3 Å². The van der Waals surface area contributed by atoms with Crippen LogP contribution in [0.2, 0.25) is 0 Å². The van der Waals surface area contributed by atoms with E-state index in [9.17, 15) is 4.79 Å². The molecule has 0 fully saturated rings. The van der Waals surface area contributed by atoms with E-state index in [0.29, 0.717) is 16.9 Å². The molecular weight excluding hydrogens is 194 g/mol. The average molecular weight is 203 g/mol. The molecule has 0 amide bonds. The molecular formula is C11H9NO3. The van der Waals surface area contributed by atoms with Gasteiger partial charge in [0.2, 0.25) is 0 Å². The summed E-state index contributed by atoms with van der Waals surface area (Å²) in [5.41, 5.74) is 1.05. The molecule has 0 aliphatic rings. The van der Waals surface area contributed by atoms with Crippen LogP contribution in [0.25, 0.3) is 6.08 Å². The van der Waals surface area contributed by atoms with Crippen LogP contribution in [0.5, 0.6) is 5.75 Å². The molecule has 0 bridgehead atoms. The van der Waals surface area contributed by atoms with E-state index in [1.165, 1.54) is 13.2 Å². The fourth-order valence-corrected chi connectivity index (χ4v) is 1.07. The van der Waals surface area contributed by atoms with Gasteiger partial charge in [-0.25, -0.2) is 4.79 Å². The van der Waals surface area contributed by atoms with E-state index < -0.39 is 5.97 Å². The zero-order chi connectivity index (χ0) is 11.3. The van der Waals surface area contributed by atoms with Crippen molar-refractivity contribution in [2.75, 3.05) is 7.11 Å². The number of carboxylic acids is 1. The minimum atomic E-state index is -1.03. The van der Waals surface area contributed by atoms with Crippen LogP contribution in [-0.4, -0.2) is 18.2 Å². The first kappa shape index (κ1) is 10.8. The molecule has 1 N–H and O–H groups in total. The smallest absolute Gasteiger partial charge is 0.328 e. The Morgan fingerprint density at radius 1 is 1.53 bits per heavy atom. The summed E-state index contributed by atoms with van der Waals surface area (Å²) in [5.74, 6) is -0.504. The lowest BCUT2D eigenvalue weighted by molar-refractivity contribution is -0.131. The summed E-state index contributed by atoms with van der Waals surface area (Å²) in [6, 6.07) is 6.79. The number of rotatable bonds is 3. The second kappa shape index (κ2) is 4.82. The molecule has 0 saturated heterocycles. The van der Waals surface area contributed by atoms with E-state index in [1.807, 2.05) is 6.07 Å². The highest BCUT2D eigenvalue weighted by atomic mass is 16.5. The van der Waals surface area contributed by atoms with Crippen molar-refractivity contribution < 1.29 is 14.6 Å². The Hall–Kier alpha value is -2.28. The van der Waals surface area contributed by atoms with Gasteiger partial charge in [-0.05, 0) is 29.8 Å². The van der Waals surface area contributed by atoms with Gasteiger partial charge < -0.3 is 9.84 Å². The normalized spacial score (nSPS) is 9.87. The van der Waals surface area contributed by atoms with Crippen molar-refractivity contribution >= 4 is 12.0 Å². The van der Waals surface area contributed by atoms with Crippen LogP contribution in [0.1, 0.15) is 11.1 Å². The Kier molecular flexibility index (Phi) is 3.47. The molecule has 0 aromatic heterocycles. The maximum absolute atomic E-state index is 10.3. The predicted molar refractivity (Wildman–Crippen MR) is 54.4 cm³/mol. The first-order chi connectivity index (χ1) is 7.15. The van der Waals surface area contributed by atoms with Gasteiger partial charge in [-0.3, -0.25) is 0 Å². The number of carbonyl (C=O) groups is 1. The van der Waals surface area contributed by atoms with Crippen molar-refractivity contribution in [3.8, 4) is 11.8 Å². The van der Waals surface area contributed by atoms with Gasteiger partial charge in [-0.1, -0.05) is 0 Å². The molecule has 0 saturated carbocycles. The Bertz CT molecular complexity index is 444. The maximum Gasteiger partial charge on any atom is 0.328 e. The predicted octanol–water partition coefficient (Wildman–Crippen LogP) is 1.66. The van der Waals surface area contributed by atoms with Crippen molar-refractivity contribution in [2.45, 2.75) is 0 Å². The Labute approximate surface area is 87.0 Å². The first-order valence-corrected chi connectivity index (χ1v) is 4.16. The molecule has 0 atom stereocenters. The highest BCUT2D eigenvalue weighted by Gasteiger charge is 1.98. The monoisotopic (exact) mass is 203 g/mol. The molecule has 1 rings (SSSR count). The van der Waals surface area contributed by atoms with Gasteiger partial charge >= 0.3 is 5.97 Å². The number of aliphatic carboxylic acids is 1. The molecule has 4 nitrogen and oxygen atoms in total. The lowest BCUT2D eigenvalue weighted by atomic mass is 10.1. The molecule has 0 unspecified atom stereocenters. The van der Waals surface area contributed by atoms with Gasteiger partial charge in [0.15, 0.2) is 0 Å². The third-order valence-electron chi connectivity index (χ3n) is 1.71. The Morgan fingerprint density at radius 3 is 2.80 bits per heavy atom. The molecule has 0 radical (unpaired) electrons. The number of nitrogens with zero attached hydrogens (tertiary/aromatic N) is 1. The SMILES string of the molecule is COc1cc(C#N)cc(/C=C/C(=O)O)c1. The lowest BCUT2D eigenvalue weighted by Gasteiger charge is -2.01. The molecule has 76 valence electrons. The summed E-state index contributed by atoms with van der Waals surface area (Å²) >= 11 is 0. The van der Waals surface area contributed by atoms with E-state index >= 15 is 0 Å². The number of hydrogen-bond donors (Lipinski definition) is 1. The second-order valence-electron chi connectivity index (χ2n) is 2.78. The van der Waals surface area contributed by atoms with E-state index in [4.69, 9.17) is 15.1 Å². The standard InChI is InChI=1S/C11H9NO3/c1-15-10-5-8(2-3-11(13)14)4-9(6-10)7-12/h2-6H,1H3,(H,13,14)/b3-2+. The van der Waals surface area contributed by atoms with Gasteiger partial charge in [0.1, 0.15) is 5.75 Å². The van der Waals surface area contributed by atoms with E-state index in [-0.39, 0.29) is 0 Å². The molecule has 15 heavy (non-hydrogen) atoms. The molecule has 0 aliphatic heterocycles. The number of nitriles is 1. The molecule has 1 aromatic rings. The Balaban J connectivity index is 3.08. The van der Waals surface area contributed by atoms with Crippen LogP contribution in [0.15, 0.2) is 24.3 Å². The number of ether oxygens (including phenoxy) is 1. The third-order valence-corrected chi connectivity index (χ3v) is 1.71. The first-order valence-electron chi connectivity index (χ1n) is 4.16. The number of methoxy groups -OCH3 is 1. The van der Waals surface area contributed by atoms with Crippen LogP contribution in [0.4, 0.5) is 0 Å². The van der Waals surface area contributed by atoms with Crippen LogP contribution in [0.3, 0.4) is 0 Å². The third kappa shape index (κ3) is 3.16. The summed E-state index contributed by atoms with van der Waals surface area (Å²) in [6.07, 6.45) is 2.42. The van der Waals surface area contributed by atoms with E-state index in [1.54, 1.807) is 18.2 Å². The summed E-state index contributed by atoms with van der Waals surface area (Å²) < 4.78 is 4.97. The summed E-state index contributed by atoms with van der Waals surface area (Å²) in [5, 5.41) is 17.2. The number of carboxylic acid groups (broad SMARTS) is 1. The molecule has 4 heteroatoms. The fraction of sp³-hybridized carbons (Fsp3) is 0.0909. The van der Waals surface area contributed by atoms with Gasteiger partial charge in [0.05, 0.1) is 18.7 Å². The lowest BCUT2D eigenvalue weighted by Crippen LogP contribution is -1.88. The highest BCUT2D eigenvalue weighted by molar-refractivity contribution is 5.85. The van der Waals surface area contributed by atoms with Gasteiger partial charge in [-0.2, -0.15) is 5.26 Å². The molecule has 0 spiro atoms. The minimum Gasteiger partial charge on any atom is -0.497 e. The number of benzene rings is 1. The average Bonchev–Trinajstić information content (AvgIpc) is 2.25. The van der Waals surface area contributed by atoms with Crippen molar-refractivity contribution in [1.82, 2.24) is 0 Å². The van der Waals surface area contributed by atoms with Crippen molar-refractivity contribution in [2.24, 2.45) is 0 Å². The highest BCUT2D eigenvalue weighted by Crippen LogP contribution is 2.17. The number of hydrogen-bond acceptors (Lipinski definition) is 3. The minimum absolute atomic E-state index is 0.430. The summed E-state index contributed by atoms with van der Waals surface area (Å²) in [4.78, 5) is 10.3. The van der Waals surface area contributed by atoms with Gasteiger partial charge in [-0.15, -0.1) is 0 Å². The summed E-state index contributed by atoms with van der Waals surface area (Å²) in [6.45, 7) is 0. The van der Waals surface area contributed by atoms with Crippen LogP contribution in [-0.2, 0) is 4.79 Å².